The van der Waals surface area contributed by atoms with E-state index in [1.165, 1.54) is 12.1 Å². The zero-order valence-corrected chi connectivity index (χ0v) is 13.0. The fraction of sp³-hybridized carbons (Fsp3) is 0.118. The summed E-state index contributed by atoms with van der Waals surface area (Å²) in [6.07, 6.45) is 0. The van der Waals surface area contributed by atoms with E-state index in [2.05, 4.69) is 5.10 Å². The van der Waals surface area contributed by atoms with Gasteiger partial charge in [-0.05, 0) is 30.3 Å². The van der Waals surface area contributed by atoms with Crippen LogP contribution in [0.3, 0.4) is 0 Å². The number of benzene rings is 2. The van der Waals surface area contributed by atoms with Gasteiger partial charge >= 0.3 is 0 Å². The number of rotatable bonds is 5. The molecule has 24 heavy (non-hydrogen) atoms. The Bertz CT molecular complexity index is 872. The molecule has 122 valence electrons. The first-order valence-electron chi connectivity index (χ1n) is 7.30. The first-order chi connectivity index (χ1) is 11.6. The predicted octanol–water partition coefficient (Wildman–Crippen LogP) is 2.91. The number of non-ortho nitro benzene ring substituents is 1. The van der Waals surface area contributed by atoms with Gasteiger partial charge in [-0.2, -0.15) is 5.10 Å². The number of nitrogens with two attached hydrogens (primary N) is 1. The zero-order chi connectivity index (χ0) is 17.1. The lowest BCUT2D eigenvalue weighted by atomic mass is 10.1. The summed E-state index contributed by atoms with van der Waals surface area (Å²) in [5.74, 6) is 0.738. The van der Waals surface area contributed by atoms with Gasteiger partial charge in [0.25, 0.3) is 5.69 Å². The second kappa shape index (κ2) is 6.51. The van der Waals surface area contributed by atoms with Crippen molar-refractivity contribution in [3.05, 3.63) is 70.4 Å². The molecule has 0 bridgehead atoms. The molecule has 1 aromatic heterocycles. The van der Waals surface area contributed by atoms with E-state index in [1.54, 1.807) is 17.9 Å². The summed E-state index contributed by atoms with van der Waals surface area (Å²) in [6, 6.07) is 15.7. The Hall–Kier alpha value is -3.19. The summed E-state index contributed by atoms with van der Waals surface area (Å²) >= 11 is 0. The van der Waals surface area contributed by atoms with Gasteiger partial charge in [0, 0.05) is 24.2 Å². The van der Waals surface area contributed by atoms with Crippen LogP contribution in [-0.2, 0) is 6.54 Å². The van der Waals surface area contributed by atoms with E-state index in [-0.39, 0.29) is 12.2 Å². The van der Waals surface area contributed by atoms with Crippen LogP contribution in [0.5, 0.6) is 5.75 Å². The quantitative estimate of drug-likeness (QED) is 0.575. The number of ether oxygens (including phenoxy) is 1. The van der Waals surface area contributed by atoms with Crippen LogP contribution in [0.15, 0.2) is 54.6 Å². The van der Waals surface area contributed by atoms with Gasteiger partial charge in [0.05, 0.1) is 29.1 Å². The van der Waals surface area contributed by atoms with Gasteiger partial charge in [-0.3, -0.25) is 10.1 Å². The van der Waals surface area contributed by atoms with Crippen LogP contribution in [0.2, 0.25) is 0 Å². The van der Waals surface area contributed by atoms with Gasteiger partial charge in [0.15, 0.2) is 0 Å². The third-order valence-electron chi connectivity index (χ3n) is 3.64. The highest BCUT2D eigenvalue weighted by Gasteiger charge is 2.14. The highest BCUT2D eigenvalue weighted by molar-refractivity contribution is 5.65. The maximum Gasteiger partial charge on any atom is 0.270 e. The minimum Gasteiger partial charge on any atom is -0.497 e. The molecule has 0 atom stereocenters. The largest absolute Gasteiger partial charge is 0.497 e. The van der Waals surface area contributed by atoms with E-state index in [0.717, 1.165) is 17.1 Å². The van der Waals surface area contributed by atoms with Gasteiger partial charge < -0.3 is 10.5 Å². The molecule has 0 aliphatic heterocycles. The summed E-state index contributed by atoms with van der Waals surface area (Å²) < 4.78 is 6.89. The van der Waals surface area contributed by atoms with Crippen molar-refractivity contribution in [3.63, 3.8) is 0 Å². The van der Waals surface area contributed by atoms with Crippen molar-refractivity contribution in [3.8, 4) is 22.7 Å². The summed E-state index contributed by atoms with van der Waals surface area (Å²) in [5.41, 5.74) is 8.70. The molecule has 0 amide bonds. The maximum absolute atomic E-state index is 11.0. The standard InChI is InChI=1S/C17H16N4O3/c1-24-16-7-5-14(6-8-16)20-17(10-13(11-18)19-20)12-3-2-4-15(9-12)21(22)23/h2-10H,11,18H2,1H3. The van der Waals surface area contributed by atoms with E-state index in [0.29, 0.717) is 11.3 Å². The third kappa shape index (κ3) is 2.97. The average molecular weight is 324 g/mol. The lowest BCUT2D eigenvalue weighted by molar-refractivity contribution is -0.384. The van der Waals surface area contributed by atoms with Gasteiger partial charge in [0.2, 0.25) is 0 Å². The number of nitro benzene ring substituents is 1. The molecule has 0 aliphatic rings. The van der Waals surface area contributed by atoms with Crippen molar-refractivity contribution in [1.29, 1.82) is 0 Å². The molecule has 0 aliphatic carbocycles. The molecule has 0 saturated heterocycles. The molecule has 0 fully saturated rings. The van der Waals surface area contributed by atoms with Gasteiger partial charge in [-0.25, -0.2) is 4.68 Å². The third-order valence-corrected chi connectivity index (χ3v) is 3.64. The molecule has 1 heterocycles. The van der Waals surface area contributed by atoms with Gasteiger partial charge in [-0.15, -0.1) is 0 Å². The van der Waals surface area contributed by atoms with Crippen LogP contribution in [0.4, 0.5) is 5.69 Å². The van der Waals surface area contributed by atoms with Crippen LogP contribution in [0.25, 0.3) is 16.9 Å². The minimum absolute atomic E-state index is 0.0317. The molecule has 0 spiro atoms. The summed E-state index contributed by atoms with van der Waals surface area (Å²) in [4.78, 5) is 10.6. The van der Waals surface area contributed by atoms with Crippen LogP contribution in [0.1, 0.15) is 5.69 Å². The molecule has 0 unspecified atom stereocenters. The summed E-state index contributed by atoms with van der Waals surface area (Å²) in [6.45, 7) is 0.283. The Kier molecular flexibility index (Phi) is 4.26. The second-order valence-corrected chi connectivity index (χ2v) is 5.14. The maximum atomic E-state index is 11.0. The number of hydrogen-bond donors (Lipinski definition) is 1. The molecule has 0 radical (unpaired) electrons. The summed E-state index contributed by atoms with van der Waals surface area (Å²) in [7, 11) is 1.60. The predicted molar refractivity (Wildman–Crippen MR) is 90.1 cm³/mol. The molecule has 3 rings (SSSR count). The van der Waals surface area contributed by atoms with Gasteiger partial charge in [0.1, 0.15) is 5.75 Å². The van der Waals surface area contributed by atoms with Crippen LogP contribution in [-0.4, -0.2) is 21.8 Å². The lowest BCUT2D eigenvalue weighted by Gasteiger charge is -2.08. The first-order valence-corrected chi connectivity index (χ1v) is 7.30. The molecule has 3 aromatic rings. The highest BCUT2D eigenvalue weighted by Crippen LogP contribution is 2.27. The first kappa shape index (κ1) is 15.7. The Morgan fingerprint density at radius 3 is 2.58 bits per heavy atom. The van der Waals surface area contributed by atoms with Crippen LogP contribution >= 0.6 is 0 Å². The molecule has 2 N–H and O–H groups in total. The summed E-state index contributed by atoms with van der Waals surface area (Å²) in [5, 5.41) is 15.5. The molecule has 7 nitrogen and oxygen atoms in total. The van der Waals surface area contributed by atoms with E-state index >= 15 is 0 Å². The van der Waals surface area contributed by atoms with Crippen LogP contribution < -0.4 is 10.5 Å². The Morgan fingerprint density at radius 2 is 1.96 bits per heavy atom. The van der Waals surface area contributed by atoms with Crippen molar-refractivity contribution >= 4 is 5.69 Å². The number of methoxy groups -OCH3 is 1. The van der Waals surface area contributed by atoms with E-state index in [1.807, 2.05) is 36.4 Å². The second-order valence-electron chi connectivity index (χ2n) is 5.14. The SMILES string of the molecule is COc1ccc(-n2nc(CN)cc2-c2cccc([N+](=O)[O-])c2)cc1. The van der Waals surface area contributed by atoms with Gasteiger partial charge in [-0.1, -0.05) is 12.1 Å². The molecule has 2 aromatic carbocycles. The van der Waals surface area contributed by atoms with E-state index in [9.17, 15) is 10.1 Å². The van der Waals surface area contributed by atoms with E-state index in [4.69, 9.17) is 10.5 Å². The number of aromatic nitrogens is 2. The minimum atomic E-state index is -0.415. The average Bonchev–Trinajstić information content (AvgIpc) is 3.06. The van der Waals surface area contributed by atoms with Crippen molar-refractivity contribution in [2.45, 2.75) is 6.54 Å². The van der Waals surface area contributed by atoms with E-state index < -0.39 is 4.92 Å². The molecular weight excluding hydrogens is 308 g/mol. The fourth-order valence-electron chi connectivity index (χ4n) is 2.43. The zero-order valence-electron chi connectivity index (χ0n) is 13.0. The van der Waals surface area contributed by atoms with Crippen molar-refractivity contribution in [2.75, 3.05) is 7.11 Å². The Balaban J connectivity index is 2.12. The molecule has 7 heteroatoms. The Morgan fingerprint density at radius 1 is 1.21 bits per heavy atom. The lowest BCUT2D eigenvalue weighted by Crippen LogP contribution is -2.02. The van der Waals surface area contributed by atoms with Crippen molar-refractivity contribution in [1.82, 2.24) is 9.78 Å². The number of nitro groups is 1. The topological polar surface area (TPSA) is 96.2 Å². The van der Waals surface area contributed by atoms with Crippen molar-refractivity contribution in [2.24, 2.45) is 5.73 Å². The highest BCUT2D eigenvalue weighted by atomic mass is 16.6. The smallest absolute Gasteiger partial charge is 0.270 e. The normalized spacial score (nSPS) is 10.6. The number of hydrogen-bond acceptors (Lipinski definition) is 5. The number of nitrogens with zero attached hydrogens (tertiary/aromatic N) is 3. The molecular formula is C17H16N4O3. The van der Waals surface area contributed by atoms with Crippen molar-refractivity contribution < 1.29 is 9.66 Å². The Labute approximate surface area is 138 Å². The monoisotopic (exact) mass is 324 g/mol. The molecule has 0 saturated carbocycles. The fourth-order valence-corrected chi connectivity index (χ4v) is 2.43. The van der Waals surface area contributed by atoms with Crippen LogP contribution in [0, 0.1) is 10.1 Å².